The number of likely N-dealkylation sites (tertiary alicyclic amines) is 1. The van der Waals surface area contributed by atoms with Crippen molar-refractivity contribution >= 4 is 34.5 Å². The third-order valence-corrected chi connectivity index (χ3v) is 7.36. The number of pyridine rings is 1. The lowest BCUT2D eigenvalue weighted by Gasteiger charge is -2.31. The number of nitrogens with zero attached hydrogens (tertiary/aromatic N) is 2. The van der Waals surface area contributed by atoms with Crippen molar-refractivity contribution in [2.45, 2.75) is 31.8 Å². The number of H-pyrrole nitrogens is 2. The van der Waals surface area contributed by atoms with Gasteiger partial charge in [0.1, 0.15) is 11.4 Å². The normalized spacial score (nSPS) is 15.6. The van der Waals surface area contributed by atoms with Crippen molar-refractivity contribution in [2.75, 3.05) is 31.5 Å². The molecule has 1 saturated heterocycles. The van der Waals surface area contributed by atoms with Crippen LogP contribution in [0.4, 0.5) is 5.69 Å². The highest BCUT2D eigenvalue weighted by Crippen LogP contribution is 2.33. The zero-order valence-corrected chi connectivity index (χ0v) is 21.5. The molecule has 8 nitrogen and oxygen atoms in total. The molecule has 192 valence electrons. The average molecular weight is 519 g/mol. The summed E-state index contributed by atoms with van der Waals surface area (Å²) < 4.78 is 0. The van der Waals surface area contributed by atoms with E-state index in [0.717, 1.165) is 42.5 Å². The first-order valence-electron chi connectivity index (χ1n) is 12.5. The second kappa shape index (κ2) is 10.9. The molecule has 1 aliphatic rings. The molecule has 0 aliphatic carbocycles. The van der Waals surface area contributed by atoms with Gasteiger partial charge in [-0.15, -0.1) is 0 Å². The van der Waals surface area contributed by atoms with Crippen LogP contribution in [0.3, 0.4) is 0 Å². The number of benzene rings is 2. The van der Waals surface area contributed by atoms with E-state index >= 15 is 0 Å². The summed E-state index contributed by atoms with van der Waals surface area (Å²) in [6.45, 7) is 4.95. The van der Waals surface area contributed by atoms with Crippen LogP contribution in [-0.2, 0) is 0 Å². The van der Waals surface area contributed by atoms with Crippen molar-refractivity contribution in [3.63, 3.8) is 0 Å². The van der Waals surface area contributed by atoms with Gasteiger partial charge in [0.2, 0.25) is 0 Å². The van der Waals surface area contributed by atoms with Crippen molar-refractivity contribution in [3.8, 4) is 11.4 Å². The Labute approximate surface area is 220 Å². The van der Waals surface area contributed by atoms with Crippen molar-refractivity contribution in [3.05, 3.63) is 80.7 Å². The van der Waals surface area contributed by atoms with Crippen LogP contribution in [-0.4, -0.2) is 57.4 Å². The third kappa shape index (κ3) is 5.46. The van der Waals surface area contributed by atoms with E-state index in [9.17, 15) is 9.90 Å². The summed E-state index contributed by atoms with van der Waals surface area (Å²) in [5.74, 6) is 0.944. The summed E-state index contributed by atoms with van der Waals surface area (Å²) in [5.41, 5.74) is 5.50. The van der Waals surface area contributed by atoms with Gasteiger partial charge in [-0.3, -0.25) is 9.69 Å². The molecule has 0 amide bonds. The molecule has 9 heteroatoms. The fraction of sp³-hybridized carbons (Fsp3) is 0.321. The molecule has 0 bridgehead atoms. The number of fused-ring (bicyclic) bond motifs is 1. The van der Waals surface area contributed by atoms with Crippen molar-refractivity contribution in [1.82, 2.24) is 19.9 Å². The second-order valence-electron chi connectivity index (χ2n) is 9.65. The van der Waals surface area contributed by atoms with Crippen LogP contribution in [0.5, 0.6) is 0 Å². The first kappa shape index (κ1) is 25.2. The molecule has 5 rings (SSSR count). The minimum Gasteiger partial charge on any atom is -0.387 e. The van der Waals surface area contributed by atoms with Crippen LogP contribution in [0, 0.1) is 12.3 Å². The molecule has 2 aromatic heterocycles. The minimum absolute atomic E-state index is 0.205. The lowest BCUT2D eigenvalue weighted by Crippen LogP contribution is -2.34. The summed E-state index contributed by atoms with van der Waals surface area (Å²) in [6.07, 6.45) is 4.37. The van der Waals surface area contributed by atoms with Crippen LogP contribution in [0.1, 0.15) is 41.6 Å². The summed E-state index contributed by atoms with van der Waals surface area (Å²) in [4.78, 5) is 26.1. The van der Waals surface area contributed by atoms with Crippen LogP contribution in [0.2, 0.25) is 5.02 Å². The maximum Gasteiger partial charge on any atom is 0.261 e. The van der Waals surface area contributed by atoms with E-state index in [0.29, 0.717) is 40.1 Å². The Kier molecular flexibility index (Phi) is 7.41. The van der Waals surface area contributed by atoms with E-state index in [-0.39, 0.29) is 12.1 Å². The van der Waals surface area contributed by atoms with Gasteiger partial charge < -0.3 is 25.8 Å². The number of aliphatic hydroxyl groups excluding tert-OH is 1. The number of rotatable bonds is 8. The molecular formula is C28H31ClN6O2. The minimum atomic E-state index is -0.795. The van der Waals surface area contributed by atoms with Crippen molar-refractivity contribution in [1.29, 1.82) is 5.41 Å². The van der Waals surface area contributed by atoms with Gasteiger partial charge in [0.05, 0.1) is 22.8 Å². The SMILES string of the molecule is Cc1cc(C2CCN(CC=N)CC2)cc2[nH]c(-c3c(NC[C@@H](O)c4cccc(Cl)c4)cc[nH]c3=O)nc12. The average Bonchev–Trinajstić information content (AvgIpc) is 3.32. The van der Waals surface area contributed by atoms with Crippen LogP contribution >= 0.6 is 11.6 Å². The quantitative estimate of drug-likeness (QED) is 0.213. The molecule has 0 saturated carbocycles. The molecule has 1 fully saturated rings. The highest BCUT2D eigenvalue weighted by molar-refractivity contribution is 6.30. The number of hydrogen-bond donors (Lipinski definition) is 5. The summed E-state index contributed by atoms with van der Waals surface area (Å²) in [5, 5.41) is 21.8. The smallest absolute Gasteiger partial charge is 0.261 e. The largest absolute Gasteiger partial charge is 0.387 e. The first-order valence-corrected chi connectivity index (χ1v) is 12.9. The fourth-order valence-electron chi connectivity index (χ4n) is 5.15. The number of aryl methyl sites for hydroxylation is 1. The lowest BCUT2D eigenvalue weighted by molar-refractivity contribution is 0.191. The van der Waals surface area contributed by atoms with E-state index < -0.39 is 6.10 Å². The Morgan fingerprint density at radius 1 is 1.27 bits per heavy atom. The number of nitrogens with one attached hydrogen (secondary N) is 4. The Morgan fingerprint density at radius 3 is 2.84 bits per heavy atom. The van der Waals surface area contributed by atoms with Crippen LogP contribution in [0.25, 0.3) is 22.4 Å². The molecule has 0 radical (unpaired) electrons. The Bertz CT molecular complexity index is 1470. The van der Waals surface area contributed by atoms with E-state index in [1.54, 1.807) is 30.5 Å². The van der Waals surface area contributed by atoms with Gasteiger partial charge in [-0.05, 0) is 79.7 Å². The molecular weight excluding hydrogens is 488 g/mol. The number of aliphatic hydroxyl groups is 1. The standard InChI is InChI=1S/C28H31ClN6O2/c1-17-13-20(18-6-10-35(11-7-18)12-8-30)15-23-26(17)34-27(33-23)25-22(5-9-31-28(25)37)32-16-24(36)19-3-2-4-21(29)14-19/h2-5,8-9,13-15,18,24,30,36H,6-7,10-12,16H2,1H3,(H,33,34)(H2,31,32,37)/t24-/m1/s1. The number of piperidine rings is 1. The summed E-state index contributed by atoms with van der Waals surface area (Å²) in [7, 11) is 0. The maximum atomic E-state index is 12.9. The molecule has 1 atom stereocenters. The molecule has 37 heavy (non-hydrogen) atoms. The van der Waals surface area contributed by atoms with E-state index in [1.807, 2.05) is 6.07 Å². The first-order chi connectivity index (χ1) is 17.9. The maximum absolute atomic E-state index is 12.9. The topological polar surface area (TPSA) is 121 Å². The molecule has 0 spiro atoms. The molecule has 1 aliphatic heterocycles. The number of hydrogen-bond acceptors (Lipinski definition) is 6. The second-order valence-corrected chi connectivity index (χ2v) is 10.1. The molecule has 3 heterocycles. The number of imidazole rings is 1. The van der Waals surface area contributed by atoms with E-state index in [4.69, 9.17) is 22.0 Å². The van der Waals surface area contributed by atoms with Gasteiger partial charge in [0.15, 0.2) is 0 Å². The van der Waals surface area contributed by atoms with Gasteiger partial charge in [-0.2, -0.15) is 0 Å². The molecule has 0 unspecified atom stereocenters. The van der Waals surface area contributed by atoms with Crippen molar-refractivity contribution in [2.24, 2.45) is 0 Å². The summed E-state index contributed by atoms with van der Waals surface area (Å²) >= 11 is 6.06. The number of aromatic amines is 2. The van der Waals surface area contributed by atoms with Gasteiger partial charge in [0, 0.05) is 30.5 Å². The monoisotopic (exact) mass is 518 g/mol. The molecule has 2 aromatic carbocycles. The van der Waals surface area contributed by atoms with Crippen molar-refractivity contribution < 1.29 is 5.11 Å². The lowest BCUT2D eigenvalue weighted by atomic mass is 9.88. The zero-order valence-electron chi connectivity index (χ0n) is 20.7. The van der Waals surface area contributed by atoms with Gasteiger partial charge in [-0.25, -0.2) is 4.98 Å². The number of aromatic nitrogens is 3. The predicted molar refractivity (Wildman–Crippen MR) is 149 cm³/mol. The van der Waals surface area contributed by atoms with Crippen LogP contribution < -0.4 is 10.9 Å². The zero-order chi connectivity index (χ0) is 25.9. The van der Waals surface area contributed by atoms with E-state index in [1.165, 1.54) is 11.8 Å². The van der Waals surface area contributed by atoms with Gasteiger partial charge >= 0.3 is 0 Å². The summed E-state index contributed by atoms with van der Waals surface area (Å²) in [6, 6.07) is 13.2. The highest BCUT2D eigenvalue weighted by atomic mass is 35.5. The Hall–Kier alpha value is -3.46. The third-order valence-electron chi connectivity index (χ3n) is 7.12. The molecule has 4 aromatic rings. The predicted octanol–water partition coefficient (Wildman–Crippen LogP) is 4.85. The Balaban J connectivity index is 1.41. The van der Waals surface area contributed by atoms with Crippen LogP contribution in [0.15, 0.2) is 53.5 Å². The Morgan fingerprint density at radius 2 is 2.08 bits per heavy atom. The number of anilines is 1. The molecule has 5 N–H and O–H groups in total. The van der Waals surface area contributed by atoms with E-state index in [2.05, 4.69) is 39.2 Å². The van der Waals surface area contributed by atoms with Gasteiger partial charge in [-0.1, -0.05) is 29.8 Å². The fourth-order valence-corrected chi connectivity index (χ4v) is 5.35. The van der Waals surface area contributed by atoms with Gasteiger partial charge in [0.25, 0.3) is 5.56 Å². The number of halogens is 1. The highest BCUT2D eigenvalue weighted by Gasteiger charge is 2.22.